The van der Waals surface area contributed by atoms with Crippen molar-refractivity contribution in [1.82, 2.24) is 14.7 Å². The number of aryl methyl sites for hydroxylation is 1. The fraction of sp³-hybridized carbons (Fsp3) is 0.400. The van der Waals surface area contributed by atoms with E-state index in [1.165, 1.54) is 11.3 Å². The van der Waals surface area contributed by atoms with Gasteiger partial charge in [0.25, 0.3) is 0 Å². The molecule has 2 rings (SSSR count). The molecular weight excluding hydrogens is 236 g/mol. The van der Waals surface area contributed by atoms with Gasteiger partial charge in [0.2, 0.25) is 0 Å². The van der Waals surface area contributed by atoms with Gasteiger partial charge >= 0.3 is 0 Å². The molecule has 0 aliphatic rings. The molecule has 0 radical (unpaired) electrons. The van der Waals surface area contributed by atoms with Gasteiger partial charge in [-0.2, -0.15) is 5.10 Å². The highest BCUT2D eigenvalue weighted by atomic mass is 15.3. The molecule has 0 aliphatic carbocycles. The molecule has 1 aromatic heterocycles. The van der Waals surface area contributed by atoms with E-state index in [1.807, 2.05) is 10.9 Å². The first kappa shape index (κ1) is 13.6. The monoisotopic (exact) mass is 258 g/mol. The van der Waals surface area contributed by atoms with Crippen molar-refractivity contribution >= 4 is 5.69 Å². The maximum Gasteiger partial charge on any atom is 0.0575 e. The molecule has 0 fully saturated rings. The van der Waals surface area contributed by atoms with Crippen molar-refractivity contribution in [2.45, 2.75) is 26.6 Å². The van der Waals surface area contributed by atoms with E-state index in [9.17, 15) is 0 Å². The summed E-state index contributed by atoms with van der Waals surface area (Å²) >= 11 is 0. The summed E-state index contributed by atoms with van der Waals surface area (Å²) in [6, 6.07) is 10.6. The van der Waals surface area contributed by atoms with Crippen molar-refractivity contribution in [3.05, 3.63) is 47.8 Å². The van der Waals surface area contributed by atoms with Crippen LogP contribution < -0.4 is 5.32 Å². The molecule has 4 heteroatoms. The second kappa shape index (κ2) is 6.38. The van der Waals surface area contributed by atoms with Crippen molar-refractivity contribution < 1.29 is 0 Å². The predicted octanol–water partition coefficient (Wildman–Crippen LogP) is 2.58. The van der Waals surface area contributed by atoms with Crippen LogP contribution >= 0.6 is 0 Å². The van der Waals surface area contributed by atoms with Gasteiger partial charge in [-0.3, -0.25) is 4.68 Å². The van der Waals surface area contributed by atoms with Gasteiger partial charge in [-0.15, -0.1) is 0 Å². The Morgan fingerprint density at radius 1 is 1.16 bits per heavy atom. The van der Waals surface area contributed by atoms with Gasteiger partial charge in [0, 0.05) is 25.0 Å². The topological polar surface area (TPSA) is 33.1 Å². The SMILES string of the molecule is CCn1nccc1CNc1ccc(CN(C)C)cc1. The van der Waals surface area contributed by atoms with E-state index in [4.69, 9.17) is 0 Å². The first-order valence-electron chi connectivity index (χ1n) is 6.67. The maximum atomic E-state index is 4.26. The van der Waals surface area contributed by atoms with Crippen LogP contribution in [0.4, 0.5) is 5.69 Å². The van der Waals surface area contributed by atoms with Crippen molar-refractivity contribution in [2.75, 3.05) is 19.4 Å². The highest BCUT2D eigenvalue weighted by molar-refractivity contribution is 5.44. The van der Waals surface area contributed by atoms with Gasteiger partial charge in [-0.1, -0.05) is 12.1 Å². The Kier molecular flexibility index (Phi) is 4.58. The number of hydrogen-bond donors (Lipinski definition) is 1. The Morgan fingerprint density at radius 3 is 2.53 bits per heavy atom. The molecule has 0 unspecified atom stereocenters. The van der Waals surface area contributed by atoms with E-state index in [-0.39, 0.29) is 0 Å². The minimum atomic E-state index is 0.806. The molecule has 0 atom stereocenters. The molecule has 19 heavy (non-hydrogen) atoms. The molecule has 2 aromatic rings. The number of anilines is 1. The van der Waals surface area contributed by atoms with Crippen LogP contribution in [-0.2, 0) is 19.6 Å². The minimum Gasteiger partial charge on any atom is -0.379 e. The first-order valence-corrected chi connectivity index (χ1v) is 6.67. The molecule has 0 bridgehead atoms. The van der Waals surface area contributed by atoms with Gasteiger partial charge in [0.1, 0.15) is 0 Å². The summed E-state index contributed by atoms with van der Waals surface area (Å²) < 4.78 is 2.01. The molecule has 0 aliphatic heterocycles. The number of rotatable bonds is 6. The molecule has 1 heterocycles. The molecular formula is C15H22N4. The van der Waals surface area contributed by atoms with Crippen LogP contribution in [0.1, 0.15) is 18.2 Å². The third-order valence-electron chi connectivity index (χ3n) is 3.03. The highest BCUT2D eigenvalue weighted by Gasteiger charge is 2.01. The number of aromatic nitrogens is 2. The summed E-state index contributed by atoms with van der Waals surface area (Å²) in [7, 11) is 4.16. The van der Waals surface area contributed by atoms with E-state index in [2.05, 4.69) is 66.7 Å². The minimum absolute atomic E-state index is 0.806. The van der Waals surface area contributed by atoms with Crippen molar-refractivity contribution in [2.24, 2.45) is 0 Å². The predicted molar refractivity (Wildman–Crippen MR) is 79.1 cm³/mol. The van der Waals surface area contributed by atoms with E-state index < -0.39 is 0 Å². The zero-order valence-electron chi connectivity index (χ0n) is 11.9. The Hall–Kier alpha value is -1.81. The number of hydrogen-bond acceptors (Lipinski definition) is 3. The lowest BCUT2D eigenvalue weighted by atomic mass is 10.2. The molecule has 102 valence electrons. The zero-order chi connectivity index (χ0) is 13.7. The van der Waals surface area contributed by atoms with Crippen molar-refractivity contribution in [1.29, 1.82) is 0 Å². The third-order valence-corrected chi connectivity index (χ3v) is 3.03. The van der Waals surface area contributed by atoms with Crippen LogP contribution in [0.5, 0.6) is 0 Å². The first-order chi connectivity index (χ1) is 9.19. The normalized spacial score (nSPS) is 10.9. The Labute approximate surface area is 115 Å². The van der Waals surface area contributed by atoms with E-state index >= 15 is 0 Å². The molecule has 0 spiro atoms. The molecule has 1 aromatic carbocycles. The van der Waals surface area contributed by atoms with Gasteiger partial charge < -0.3 is 10.2 Å². The lowest BCUT2D eigenvalue weighted by molar-refractivity contribution is 0.402. The number of nitrogens with zero attached hydrogens (tertiary/aromatic N) is 3. The Balaban J connectivity index is 1.93. The average Bonchev–Trinajstić information content (AvgIpc) is 2.84. The molecule has 0 amide bonds. The summed E-state index contributed by atoms with van der Waals surface area (Å²) in [6.07, 6.45) is 1.85. The molecule has 1 N–H and O–H groups in total. The van der Waals surface area contributed by atoms with Gasteiger partial charge in [-0.25, -0.2) is 0 Å². The van der Waals surface area contributed by atoms with Crippen LogP contribution in [0, 0.1) is 0 Å². The second-order valence-corrected chi connectivity index (χ2v) is 4.93. The standard InChI is InChI=1S/C15H22N4/c1-4-19-15(9-10-17-19)11-16-14-7-5-13(6-8-14)12-18(2)3/h5-10,16H,4,11-12H2,1-3H3. The van der Waals surface area contributed by atoms with Crippen LogP contribution in [0.25, 0.3) is 0 Å². The molecule has 4 nitrogen and oxygen atoms in total. The molecule has 0 saturated carbocycles. The van der Waals surface area contributed by atoms with E-state index in [0.29, 0.717) is 0 Å². The van der Waals surface area contributed by atoms with Gasteiger partial charge in [0.05, 0.1) is 12.2 Å². The fourth-order valence-electron chi connectivity index (χ4n) is 2.08. The second-order valence-electron chi connectivity index (χ2n) is 4.93. The largest absolute Gasteiger partial charge is 0.379 e. The van der Waals surface area contributed by atoms with Crippen LogP contribution in [0.15, 0.2) is 36.5 Å². The summed E-state index contributed by atoms with van der Waals surface area (Å²) in [6.45, 7) is 4.79. The lowest BCUT2D eigenvalue weighted by Crippen LogP contribution is -2.10. The van der Waals surface area contributed by atoms with E-state index in [1.54, 1.807) is 0 Å². The number of benzene rings is 1. The molecule has 0 saturated heterocycles. The van der Waals surface area contributed by atoms with Crippen LogP contribution in [0.2, 0.25) is 0 Å². The maximum absolute atomic E-state index is 4.26. The lowest BCUT2D eigenvalue weighted by Gasteiger charge is -2.11. The van der Waals surface area contributed by atoms with Crippen molar-refractivity contribution in [3.63, 3.8) is 0 Å². The summed E-state index contributed by atoms with van der Waals surface area (Å²) in [5, 5.41) is 7.69. The summed E-state index contributed by atoms with van der Waals surface area (Å²) in [5.41, 5.74) is 3.68. The van der Waals surface area contributed by atoms with Gasteiger partial charge in [0.15, 0.2) is 0 Å². The number of nitrogens with one attached hydrogen (secondary N) is 1. The Morgan fingerprint density at radius 2 is 1.89 bits per heavy atom. The average molecular weight is 258 g/mol. The van der Waals surface area contributed by atoms with Crippen LogP contribution in [0.3, 0.4) is 0 Å². The van der Waals surface area contributed by atoms with Gasteiger partial charge in [-0.05, 0) is 44.8 Å². The summed E-state index contributed by atoms with van der Waals surface area (Å²) in [4.78, 5) is 2.17. The zero-order valence-corrected chi connectivity index (χ0v) is 11.9. The van der Waals surface area contributed by atoms with Crippen molar-refractivity contribution in [3.8, 4) is 0 Å². The highest BCUT2D eigenvalue weighted by Crippen LogP contribution is 2.12. The quantitative estimate of drug-likeness (QED) is 0.864. The fourth-order valence-corrected chi connectivity index (χ4v) is 2.08. The van der Waals surface area contributed by atoms with Crippen LogP contribution in [-0.4, -0.2) is 28.8 Å². The third kappa shape index (κ3) is 3.83. The van der Waals surface area contributed by atoms with E-state index in [0.717, 1.165) is 25.3 Å². The smallest absolute Gasteiger partial charge is 0.0575 e. The Bertz CT molecular complexity index is 499. The summed E-state index contributed by atoms with van der Waals surface area (Å²) in [5.74, 6) is 0.